The second-order valence-corrected chi connectivity index (χ2v) is 4.33. The highest BCUT2D eigenvalue weighted by atomic mass is 16.1. The van der Waals surface area contributed by atoms with Crippen molar-refractivity contribution in [3.63, 3.8) is 0 Å². The zero-order valence-electron chi connectivity index (χ0n) is 10.5. The van der Waals surface area contributed by atoms with Crippen LogP contribution in [0.5, 0.6) is 0 Å². The van der Waals surface area contributed by atoms with Crippen LogP contribution in [0.1, 0.15) is 18.9 Å². The molecular formula is C16H17NO. The van der Waals surface area contributed by atoms with E-state index in [1.165, 1.54) is 16.3 Å². The number of carbonyl (C=O) groups excluding carboxylic acids is 1. The Kier molecular flexibility index (Phi) is 3.78. The number of amides is 1. The third-order valence-electron chi connectivity index (χ3n) is 3.10. The molecule has 0 saturated carbocycles. The van der Waals surface area contributed by atoms with Crippen molar-refractivity contribution in [2.24, 2.45) is 5.73 Å². The van der Waals surface area contributed by atoms with Crippen molar-refractivity contribution < 1.29 is 4.79 Å². The Bertz CT molecular complexity index is 599. The molecular weight excluding hydrogens is 222 g/mol. The molecule has 0 aromatic heterocycles. The van der Waals surface area contributed by atoms with Crippen LogP contribution in [0.2, 0.25) is 0 Å². The molecule has 0 aliphatic rings. The van der Waals surface area contributed by atoms with Crippen LogP contribution in [0.4, 0.5) is 0 Å². The van der Waals surface area contributed by atoms with Crippen molar-refractivity contribution in [2.45, 2.75) is 19.8 Å². The molecule has 0 heterocycles. The molecule has 0 saturated heterocycles. The summed E-state index contributed by atoms with van der Waals surface area (Å²) >= 11 is 0. The summed E-state index contributed by atoms with van der Waals surface area (Å²) < 4.78 is 0. The first kappa shape index (κ1) is 12.4. The highest BCUT2D eigenvalue weighted by Gasteiger charge is 2.01. The molecule has 2 nitrogen and oxygen atoms in total. The summed E-state index contributed by atoms with van der Waals surface area (Å²) in [5.41, 5.74) is 7.19. The predicted molar refractivity (Wildman–Crippen MR) is 75.2 cm³/mol. The van der Waals surface area contributed by atoms with Crippen LogP contribution in [0.3, 0.4) is 0 Å². The minimum absolute atomic E-state index is 0.321. The lowest BCUT2D eigenvalue weighted by atomic mass is 10.0. The predicted octanol–water partition coefficient (Wildman–Crippen LogP) is 3.20. The first-order chi connectivity index (χ1) is 8.70. The van der Waals surface area contributed by atoms with Crippen LogP contribution in [-0.4, -0.2) is 5.91 Å². The highest BCUT2D eigenvalue weighted by molar-refractivity contribution is 5.91. The van der Waals surface area contributed by atoms with Crippen molar-refractivity contribution in [3.05, 3.63) is 59.7 Å². The van der Waals surface area contributed by atoms with Crippen LogP contribution < -0.4 is 5.73 Å². The number of primary amides is 1. The monoisotopic (exact) mass is 239 g/mol. The summed E-state index contributed by atoms with van der Waals surface area (Å²) in [5, 5.41) is 2.45. The van der Waals surface area contributed by atoms with Gasteiger partial charge in [0, 0.05) is 5.57 Å². The maximum absolute atomic E-state index is 11.1. The quantitative estimate of drug-likeness (QED) is 0.818. The summed E-state index contributed by atoms with van der Waals surface area (Å²) in [4.78, 5) is 11.1. The van der Waals surface area contributed by atoms with Gasteiger partial charge in [-0.2, -0.15) is 0 Å². The van der Waals surface area contributed by atoms with E-state index in [0.29, 0.717) is 12.0 Å². The Morgan fingerprint density at radius 1 is 1.17 bits per heavy atom. The second kappa shape index (κ2) is 5.50. The van der Waals surface area contributed by atoms with Gasteiger partial charge in [0.15, 0.2) is 0 Å². The molecule has 0 fully saturated rings. The summed E-state index contributed by atoms with van der Waals surface area (Å²) in [7, 11) is 0. The average Bonchev–Trinajstić information content (AvgIpc) is 2.39. The zero-order valence-corrected chi connectivity index (χ0v) is 10.5. The Balaban J connectivity index is 2.24. The van der Waals surface area contributed by atoms with Crippen molar-refractivity contribution in [1.29, 1.82) is 0 Å². The van der Waals surface area contributed by atoms with Gasteiger partial charge in [0.1, 0.15) is 0 Å². The van der Waals surface area contributed by atoms with Gasteiger partial charge in [0.25, 0.3) is 0 Å². The molecule has 2 heteroatoms. The SMILES string of the molecule is CC/C(=C\Cc1ccc2ccccc2c1)C(N)=O. The van der Waals surface area contributed by atoms with Gasteiger partial charge in [-0.3, -0.25) is 4.79 Å². The molecule has 0 bridgehead atoms. The average molecular weight is 239 g/mol. The summed E-state index contributed by atoms with van der Waals surface area (Å²) in [6.07, 6.45) is 3.35. The maximum Gasteiger partial charge on any atom is 0.244 e. The van der Waals surface area contributed by atoms with Crippen LogP contribution in [0.15, 0.2) is 54.1 Å². The number of allylic oxidation sites excluding steroid dienone is 1. The zero-order chi connectivity index (χ0) is 13.0. The fourth-order valence-electron chi connectivity index (χ4n) is 2.03. The van der Waals surface area contributed by atoms with Gasteiger partial charge < -0.3 is 5.73 Å². The molecule has 2 aromatic carbocycles. The summed E-state index contributed by atoms with van der Waals surface area (Å²) in [6.45, 7) is 1.94. The van der Waals surface area contributed by atoms with E-state index in [1.54, 1.807) is 0 Å². The topological polar surface area (TPSA) is 43.1 Å². The van der Waals surface area contributed by atoms with Gasteiger partial charge in [0.2, 0.25) is 5.91 Å². The van der Waals surface area contributed by atoms with Crippen LogP contribution in [0.25, 0.3) is 10.8 Å². The maximum atomic E-state index is 11.1. The molecule has 0 unspecified atom stereocenters. The molecule has 0 spiro atoms. The van der Waals surface area contributed by atoms with Crippen molar-refractivity contribution in [1.82, 2.24) is 0 Å². The van der Waals surface area contributed by atoms with Gasteiger partial charge in [-0.15, -0.1) is 0 Å². The van der Waals surface area contributed by atoms with Gasteiger partial charge in [-0.05, 0) is 29.2 Å². The van der Waals surface area contributed by atoms with E-state index in [0.717, 1.165) is 6.42 Å². The molecule has 2 aromatic rings. The molecule has 18 heavy (non-hydrogen) atoms. The summed E-state index contributed by atoms with van der Waals surface area (Å²) in [5.74, 6) is -0.321. The van der Waals surface area contributed by atoms with E-state index in [4.69, 9.17) is 5.73 Å². The Hall–Kier alpha value is -2.09. The standard InChI is InChI=1S/C16H17NO/c1-2-13(16(17)18)9-7-12-8-10-14-5-3-4-6-15(14)11-12/h3-6,8-11H,2,7H2,1H3,(H2,17,18)/b13-9+. The second-order valence-electron chi connectivity index (χ2n) is 4.33. The number of nitrogens with two attached hydrogens (primary N) is 1. The van der Waals surface area contributed by atoms with Gasteiger partial charge >= 0.3 is 0 Å². The van der Waals surface area contributed by atoms with Crippen LogP contribution in [-0.2, 0) is 11.2 Å². The Morgan fingerprint density at radius 2 is 1.89 bits per heavy atom. The first-order valence-electron chi connectivity index (χ1n) is 6.17. The first-order valence-corrected chi connectivity index (χ1v) is 6.17. The van der Waals surface area contributed by atoms with Gasteiger partial charge in [-0.25, -0.2) is 0 Å². The third kappa shape index (κ3) is 2.77. The van der Waals surface area contributed by atoms with E-state index < -0.39 is 0 Å². The van der Waals surface area contributed by atoms with Gasteiger partial charge in [-0.1, -0.05) is 55.5 Å². The fraction of sp³-hybridized carbons (Fsp3) is 0.188. The van der Waals surface area contributed by atoms with Gasteiger partial charge in [0.05, 0.1) is 0 Å². The number of carbonyl (C=O) groups is 1. The van der Waals surface area contributed by atoms with E-state index in [9.17, 15) is 4.79 Å². The number of hydrogen-bond donors (Lipinski definition) is 1. The minimum atomic E-state index is -0.321. The van der Waals surface area contributed by atoms with Crippen LogP contribution in [0, 0.1) is 0 Å². The number of fused-ring (bicyclic) bond motifs is 1. The Morgan fingerprint density at radius 3 is 2.56 bits per heavy atom. The third-order valence-corrected chi connectivity index (χ3v) is 3.10. The minimum Gasteiger partial charge on any atom is -0.366 e. The molecule has 92 valence electrons. The highest BCUT2D eigenvalue weighted by Crippen LogP contribution is 2.16. The lowest BCUT2D eigenvalue weighted by Gasteiger charge is -2.02. The molecule has 0 atom stereocenters. The lowest BCUT2D eigenvalue weighted by molar-refractivity contribution is -0.114. The number of benzene rings is 2. The van der Waals surface area contributed by atoms with Crippen molar-refractivity contribution in [2.75, 3.05) is 0 Å². The van der Waals surface area contributed by atoms with E-state index in [-0.39, 0.29) is 5.91 Å². The normalized spacial score (nSPS) is 11.7. The molecule has 2 rings (SSSR count). The summed E-state index contributed by atoms with van der Waals surface area (Å²) in [6, 6.07) is 14.6. The van der Waals surface area contributed by atoms with E-state index in [2.05, 4.69) is 30.3 Å². The number of rotatable bonds is 4. The van der Waals surface area contributed by atoms with E-state index in [1.807, 2.05) is 25.1 Å². The molecule has 1 amide bonds. The molecule has 0 aliphatic heterocycles. The fourth-order valence-corrected chi connectivity index (χ4v) is 2.03. The molecule has 0 aliphatic carbocycles. The lowest BCUT2D eigenvalue weighted by Crippen LogP contribution is -2.13. The van der Waals surface area contributed by atoms with E-state index >= 15 is 0 Å². The number of hydrogen-bond acceptors (Lipinski definition) is 1. The van der Waals surface area contributed by atoms with Crippen LogP contribution >= 0.6 is 0 Å². The van der Waals surface area contributed by atoms with Crippen molar-refractivity contribution in [3.8, 4) is 0 Å². The smallest absolute Gasteiger partial charge is 0.244 e. The largest absolute Gasteiger partial charge is 0.366 e. The molecule has 0 radical (unpaired) electrons. The molecule has 2 N–H and O–H groups in total. The van der Waals surface area contributed by atoms with Crippen molar-refractivity contribution >= 4 is 16.7 Å². The Labute approximate surface area is 107 Å².